The molecule has 0 aliphatic carbocycles. The Labute approximate surface area is 130 Å². The number of rotatable bonds is 5. The van der Waals surface area contributed by atoms with E-state index in [1.54, 1.807) is 31.4 Å². The van der Waals surface area contributed by atoms with Gasteiger partial charge >= 0.3 is 6.03 Å². The van der Waals surface area contributed by atoms with E-state index in [4.69, 9.17) is 4.74 Å². The van der Waals surface area contributed by atoms with E-state index < -0.39 is 0 Å². The first-order chi connectivity index (χ1) is 10.6. The minimum Gasteiger partial charge on any atom is -0.497 e. The van der Waals surface area contributed by atoms with Crippen molar-refractivity contribution < 1.29 is 9.53 Å². The molecule has 0 radical (unpaired) electrons. The van der Waals surface area contributed by atoms with Crippen molar-refractivity contribution in [1.82, 2.24) is 5.32 Å². The van der Waals surface area contributed by atoms with Gasteiger partial charge in [0.2, 0.25) is 0 Å². The Bertz CT molecular complexity index is 607. The lowest BCUT2D eigenvalue weighted by Gasteiger charge is -2.13. The molecule has 0 bridgehead atoms. The molecule has 2 rings (SSSR count). The van der Waals surface area contributed by atoms with Crippen LogP contribution in [-0.4, -0.2) is 27.2 Å². The van der Waals surface area contributed by atoms with Gasteiger partial charge in [0.05, 0.1) is 7.11 Å². The molecule has 5 heteroatoms. The van der Waals surface area contributed by atoms with Crippen LogP contribution >= 0.6 is 0 Å². The van der Waals surface area contributed by atoms with Gasteiger partial charge in [0.25, 0.3) is 0 Å². The van der Waals surface area contributed by atoms with Crippen molar-refractivity contribution in [1.29, 1.82) is 0 Å². The molecule has 0 saturated carbocycles. The summed E-state index contributed by atoms with van der Waals surface area (Å²) in [5, 5.41) is 5.61. The van der Waals surface area contributed by atoms with Crippen molar-refractivity contribution in [2.24, 2.45) is 0 Å². The maximum absolute atomic E-state index is 11.9. The molecule has 2 N–H and O–H groups in total. The Morgan fingerprint density at radius 2 is 1.68 bits per heavy atom. The van der Waals surface area contributed by atoms with Crippen LogP contribution in [0.25, 0.3) is 0 Å². The second-order valence-corrected chi connectivity index (χ2v) is 5.10. The molecule has 2 amide bonds. The maximum Gasteiger partial charge on any atom is 0.319 e. The van der Waals surface area contributed by atoms with Crippen LogP contribution in [0, 0.1) is 0 Å². The zero-order valence-electron chi connectivity index (χ0n) is 13.1. The van der Waals surface area contributed by atoms with Gasteiger partial charge in [0.1, 0.15) is 5.75 Å². The van der Waals surface area contributed by atoms with Gasteiger partial charge in [-0.3, -0.25) is 0 Å². The molecule has 2 aromatic rings. The molecule has 0 aromatic heterocycles. The van der Waals surface area contributed by atoms with E-state index in [9.17, 15) is 4.79 Å². The summed E-state index contributed by atoms with van der Waals surface area (Å²) in [6.45, 7) is 0.482. The van der Waals surface area contributed by atoms with Crippen LogP contribution in [0.5, 0.6) is 5.75 Å². The number of amides is 2. The molecule has 116 valence electrons. The fraction of sp³-hybridized carbons (Fsp3) is 0.235. The normalized spacial score (nSPS) is 9.95. The quantitative estimate of drug-likeness (QED) is 0.892. The standard InChI is InChI=1S/C17H21N3O2/c1-20(2)15-8-4-13(5-9-15)12-18-17(21)19-14-6-10-16(22-3)11-7-14/h4-11H,12H2,1-3H3,(H2,18,19,21). The van der Waals surface area contributed by atoms with Crippen molar-refractivity contribution in [2.45, 2.75) is 6.54 Å². The Balaban J connectivity index is 1.84. The van der Waals surface area contributed by atoms with Gasteiger partial charge in [-0.15, -0.1) is 0 Å². The highest BCUT2D eigenvalue weighted by atomic mass is 16.5. The highest BCUT2D eigenvalue weighted by Gasteiger charge is 2.02. The minimum atomic E-state index is -0.234. The van der Waals surface area contributed by atoms with E-state index in [0.717, 1.165) is 22.7 Å². The molecule has 0 aliphatic rings. The SMILES string of the molecule is COc1ccc(NC(=O)NCc2ccc(N(C)C)cc2)cc1. The van der Waals surface area contributed by atoms with E-state index >= 15 is 0 Å². The molecule has 0 atom stereocenters. The van der Waals surface area contributed by atoms with Crippen molar-refractivity contribution in [3.05, 3.63) is 54.1 Å². The molecule has 0 saturated heterocycles. The highest BCUT2D eigenvalue weighted by molar-refractivity contribution is 5.89. The number of methoxy groups -OCH3 is 1. The van der Waals surface area contributed by atoms with Crippen LogP contribution in [0.2, 0.25) is 0 Å². The van der Waals surface area contributed by atoms with Crippen LogP contribution in [0.4, 0.5) is 16.2 Å². The van der Waals surface area contributed by atoms with Gasteiger partial charge in [-0.2, -0.15) is 0 Å². The number of carbonyl (C=O) groups excluding carboxylic acids is 1. The number of anilines is 2. The first-order valence-electron chi connectivity index (χ1n) is 7.03. The van der Waals surface area contributed by atoms with E-state index in [1.807, 2.05) is 43.3 Å². The summed E-state index contributed by atoms with van der Waals surface area (Å²) in [5.74, 6) is 0.756. The summed E-state index contributed by atoms with van der Waals surface area (Å²) in [5.41, 5.74) is 2.91. The highest BCUT2D eigenvalue weighted by Crippen LogP contribution is 2.15. The lowest BCUT2D eigenvalue weighted by Crippen LogP contribution is -2.28. The summed E-state index contributed by atoms with van der Waals surface area (Å²) in [6, 6.07) is 15.0. The Kier molecular flexibility index (Phi) is 5.25. The van der Waals surface area contributed by atoms with Gasteiger partial charge in [0, 0.05) is 32.0 Å². The summed E-state index contributed by atoms with van der Waals surface area (Å²) in [4.78, 5) is 13.9. The smallest absolute Gasteiger partial charge is 0.319 e. The van der Waals surface area contributed by atoms with E-state index in [0.29, 0.717) is 6.54 Å². The number of nitrogens with one attached hydrogen (secondary N) is 2. The van der Waals surface area contributed by atoms with E-state index in [1.165, 1.54) is 0 Å². The molecule has 0 fully saturated rings. The maximum atomic E-state index is 11.9. The van der Waals surface area contributed by atoms with Crippen LogP contribution in [0.1, 0.15) is 5.56 Å². The molecule has 22 heavy (non-hydrogen) atoms. The topological polar surface area (TPSA) is 53.6 Å². The monoisotopic (exact) mass is 299 g/mol. The summed E-state index contributed by atoms with van der Waals surface area (Å²) in [7, 11) is 5.60. The number of carbonyl (C=O) groups is 1. The third-order valence-corrected chi connectivity index (χ3v) is 3.25. The number of ether oxygens (including phenoxy) is 1. The first-order valence-corrected chi connectivity index (χ1v) is 7.03. The number of urea groups is 1. The molecule has 0 heterocycles. The molecule has 5 nitrogen and oxygen atoms in total. The predicted molar refractivity (Wildman–Crippen MR) is 89.6 cm³/mol. The average Bonchev–Trinajstić information content (AvgIpc) is 2.54. The second kappa shape index (κ2) is 7.36. The number of benzene rings is 2. The first kappa shape index (κ1) is 15.7. The molecule has 2 aromatic carbocycles. The van der Waals surface area contributed by atoms with Crippen molar-refractivity contribution in [3.8, 4) is 5.75 Å². The number of hydrogen-bond donors (Lipinski definition) is 2. The summed E-state index contributed by atoms with van der Waals surface area (Å²) in [6.07, 6.45) is 0. The van der Waals surface area contributed by atoms with Crippen LogP contribution in [0.15, 0.2) is 48.5 Å². The van der Waals surface area contributed by atoms with Crippen molar-refractivity contribution in [3.63, 3.8) is 0 Å². The van der Waals surface area contributed by atoms with E-state index in [-0.39, 0.29) is 6.03 Å². The minimum absolute atomic E-state index is 0.234. The fourth-order valence-corrected chi connectivity index (χ4v) is 1.94. The predicted octanol–water partition coefficient (Wildman–Crippen LogP) is 3.08. The van der Waals surface area contributed by atoms with Gasteiger partial charge in [-0.25, -0.2) is 4.79 Å². The molecule has 0 aliphatic heterocycles. The van der Waals surface area contributed by atoms with Crippen molar-refractivity contribution >= 4 is 17.4 Å². The lowest BCUT2D eigenvalue weighted by atomic mass is 10.2. The molecule has 0 unspecified atom stereocenters. The third-order valence-electron chi connectivity index (χ3n) is 3.25. The Morgan fingerprint density at radius 3 is 2.23 bits per heavy atom. The zero-order chi connectivity index (χ0) is 15.9. The third kappa shape index (κ3) is 4.41. The largest absolute Gasteiger partial charge is 0.497 e. The average molecular weight is 299 g/mol. The van der Waals surface area contributed by atoms with Crippen molar-refractivity contribution in [2.75, 3.05) is 31.4 Å². The van der Waals surface area contributed by atoms with Gasteiger partial charge < -0.3 is 20.3 Å². The van der Waals surface area contributed by atoms with Crippen LogP contribution in [-0.2, 0) is 6.54 Å². The van der Waals surface area contributed by atoms with Crippen LogP contribution in [0.3, 0.4) is 0 Å². The van der Waals surface area contributed by atoms with Gasteiger partial charge in [-0.05, 0) is 42.0 Å². The van der Waals surface area contributed by atoms with E-state index in [2.05, 4.69) is 10.6 Å². The van der Waals surface area contributed by atoms with Gasteiger partial charge in [0.15, 0.2) is 0 Å². The Hall–Kier alpha value is -2.69. The zero-order valence-corrected chi connectivity index (χ0v) is 13.1. The van der Waals surface area contributed by atoms with Crippen LogP contribution < -0.4 is 20.3 Å². The molecular weight excluding hydrogens is 278 g/mol. The fourth-order valence-electron chi connectivity index (χ4n) is 1.94. The number of hydrogen-bond acceptors (Lipinski definition) is 3. The molecular formula is C17H21N3O2. The van der Waals surface area contributed by atoms with Gasteiger partial charge in [-0.1, -0.05) is 12.1 Å². The lowest BCUT2D eigenvalue weighted by molar-refractivity contribution is 0.251. The molecule has 0 spiro atoms. The second-order valence-electron chi connectivity index (χ2n) is 5.10. The summed E-state index contributed by atoms with van der Waals surface area (Å²) >= 11 is 0. The number of nitrogens with zero attached hydrogens (tertiary/aromatic N) is 1. The Morgan fingerprint density at radius 1 is 1.05 bits per heavy atom. The summed E-state index contributed by atoms with van der Waals surface area (Å²) < 4.78 is 5.07.